The van der Waals surface area contributed by atoms with Crippen LogP contribution in [0, 0.1) is 0 Å². The number of rotatable bonds is 5. The maximum absolute atomic E-state index is 11.8. The minimum absolute atomic E-state index is 0.0487. The Labute approximate surface area is 150 Å². The number of carbonyl (C=O) groups is 1. The van der Waals surface area contributed by atoms with E-state index < -0.39 is 16.1 Å². The number of nitrogens with two attached hydrogens (primary N) is 1. The Morgan fingerprint density at radius 2 is 1.75 bits per heavy atom. The van der Waals surface area contributed by atoms with Crippen molar-refractivity contribution < 1.29 is 13.2 Å². The van der Waals surface area contributed by atoms with Gasteiger partial charge in [-0.25, -0.2) is 18.4 Å². The van der Waals surface area contributed by atoms with Crippen molar-refractivity contribution in [2.24, 2.45) is 5.14 Å². The van der Waals surface area contributed by atoms with Crippen molar-refractivity contribution >= 4 is 44.9 Å². The summed E-state index contributed by atoms with van der Waals surface area (Å²) >= 11 is 11.9. The summed E-state index contributed by atoms with van der Waals surface area (Å²) in [6, 6.07) is 10.7. The molecule has 0 bridgehead atoms. The standard InChI is InChI=1S/C15H15Cl2N3O3S/c16-12-2-1-3-13(14(12)17)20-15(21)19-9-8-10-4-6-11(7-5-10)24(18,22)23/h1-7H,8-9H2,(H2,18,22,23)(H2,19,20,21). The van der Waals surface area contributed by atoms with Crippen LogP contribution in [0.15, 0.2) is 47.4 Å². The number of benzene rings is 2. The molecular formula is C15H15Cl2N3O3S. The molecule has 9 heteroatoms. The molecule has 4 N–H and O–H groups in total. The van der Waals surface area contributed by atoms with Crippen LogP contribution in [0.2, 0.25) is 10.0 Å². The molecule has 0 fully saturated rings. The molecule has 0 aliphatic carbocycles. The first-order valence-electron chi connectivity index (χ1n) is 6.88. The highest BCUT2D eigenvalue weighted by atomic mass is 35.5. The van der Waals surface area contributed by atoms with Gasteiger partial charge in [0.2, 0.25) is 10.0 Å². The minimum Gasteiger partial charge on any atom is -0.338 e. The van der Waals surface area contributed by atoms with E-state index in [1.165, 1.54) is 12.1 Å². The first-order chi connectivity index (χ1) is 11.3. The molecule has 0 aliphatic rings. The average molecular weight is 388 g/mol. The number of urea groups is 1. The number of primary sulfonamides is 1. The van der Waals surface area contributed by atoms with E-state index in [2.05, 4.69) is 10.6 Å². The van der Waals surface area contributed by atoms with Crippen molar-refractivity contribution in [1.82, 2.24) is 5.32 Å². The molecule has 2 amide bonds. The number of amides is 2. The molecule has 0 spiro atoms. The second-order valence-electron chi connectivity index (χ2n) is 4.92. The van der Waals surface area contributed by atoms with Gasteiger partial charge in [-0.05, 0) is 36.2 Å². The van der Waals surface area contributed by atoms with Crippen LogP contribution in [0.1, 0.15) is 5.56 Å². The largest absolute Gasteiger partial charge is 0.338 e. The molecule has 6 nitrogen and oxygen atoms in total. The molecule has 2 rings (SSSR count). The highest BCUT2D eigenvalue weighted by Crippen LogP contribution is 2.29. The van der Waals surface area contributed by atoms with Crippen LogP contribution < -0.4 is 15.8 Å². The average Bonchev–Trinajstić information content (AvgIpc) is 2.51. The fraction of sp³-hybridized carbons (Fsp3) is 0.133. The number of sulfonamides is 1. The highest BCUT2D eigenvalue weighted by Gasteiger charge is 2.09. The molecule has 0 radical (unpaired) electrons. The van der Waals surface area contributed by atoms with Crippen LogP contribution in [0.5, 0.6) is 0 Å². The van der Waals surface area contributed by atoms with Gasteiger partial charge in [0.1, 0.15) is 0 Å². The van der Waals surface area contributed by atoms with Crippen molar-refractivity contribution in [3.8, 4) is 0 Å². The van der Waals surface area contributed by atoms with Gasteiger partial charge in [0.05, 0.1) is 20.6 Å². The number of hydrogen-bond acceptors (Lipinski definition) is 3. The van der Waals surface area contributed by atoms with Crippen LogP contribution in [0.25, 0.3) is 0 Å². The molecule has 2 aromatic carbocycles. The monoisotopic (exact) mass is 387 g/mol. The predicted octanol–water partition coefficient (Wildman–Crippen LogP) is 3.01. The Kier molecular flexibility index (Phi) is 6.06. The molecule has 24 heavy (non-hydrogen) atoms. The molecule has 0 saturated heterocycles. The quantitative estimate of drug-likeness (QED) is 0.734. The first kappa shape index (κ1) is 18.5. The normalized spacial score (nSPS) is 11.1. The fourth-order valence-corrected chi connectivity index (χ4v) is 2.80. The number of carbonyl (C=O) groups excluding carboxylic acids is 1. The zero-order valence-corrected chi connectivity index (χ0v) is 14.8. The van der Waals surface area contributed by atoms with Gasteiger partial charge in [0.15, 0.2) is 0 Å². The molecule has 0 heterocycles. The van der Waals surface area contributed by atoms with Gasteiger partial charge in [0.25, 0.3) is 0 Å². The van der Waals surface area contributed by atoms with E-state index in [-0.39, 0.29) is 9.92 Å². The van der Waals surface area contributed by atoms with Crippen LogP contribution in [-0.2, 0) is 16.4 Å². The van der Waals surface area contributed by atoms with Crippen molar-refractivity contribution in [3.63, 3.8) is 0 Å². The van der Waals surface area contributed by atoms with Crippen molar-refractivity contribution in [1.29, 1.82) is 0 Å². The van der Waals surface area contributed by atoms with Gasteiger partial charge in [-0.15, -0.1) is 0 Å². The van der Waals surface area contributed by atoms with Gasteiger partial charge in [-0.2, -0.15) is 0 Å². The van der Waals surface area contributed by atoms with Gasteiger partial charge < -0.3 is 10.6 Å². The fourth-order valence-electron chi connectivity index (χ4n) is 1.93. The Balaban J connectivity index is 1.85. The Morgan fingerprint density at radius 3 is 2.38 bits per heavy atom. The zero-order chi connectivity index (χ0) is 17.7. The molecule has 0 aromatic heterocycles. The van der Waals surface area contributed by atoms with Crippen LogP contribution >= 0.6 is 23.2 Å². The third kappa shape index (κ3) is 5.10. The Hall–Kier alpha value is -1.80. The van der Waals surface area contributed by atoms with Crippen LogP contribution in [0.4, 0.5) is 10.5 Å². The maximum Gasteiger partial charge on any atom is 0.319 e. The summed E-state index contributed by atoms with van der Waals surface area (Å²) in [4.78, 5) is 11.9. The van der Waals surface area contributed by atoms with Gasteiger partial charge in [-0.3, -0.25) is 0 Å². The summed E-state index contributed by atoms with van der Waals surface area (Å²) in [6.07, 6.45) is 0.529. The lowest BCUT2D eigenvalue weighted by atomic mass is 10.1. The summed E-state index contributed by atoms with van der Waals surface area (Å²) in [5.74, 6) is 0. The molecule has 2 aromatic rings. The van der Waals surface area contributed by atoms with E-state index in [9.17, 15) is 13.2 Å². The van der Waals surface area contributed by atoms with E-state index in [4.69, 9.17) is 28.3 Å². The van der Waals surface area contributed by atoms with Gasteiger partial charge in [0, 0.05) is 6.54 Å². The van der Waals surface area contributed by atoms with Gasteiger partial charge >= 0.3 is 6.03 Å². The third-order valence-electron chi connectivity index (χ3n) is 3.15. The van der Waals surface area contributed by atoms with E-state index in [1.54, 1.807) is 30.3 Å². The van der Waals surface area contributed by atoms with E-state index in [1.807, 2.05) is 0 Å². The second-order valence-corrected chi connectivity index (χ2v) is 7.27. The van der Waals surface area contributed by atoms with Crippen molar-refractivity contribution in [2.45, 2.75) is 11.3 Å². The number of halogens is 2. The summed E-state index contributed by atoms with van der Waals surface area (Å²) in [7, 11) is -3.70. The minimum atomic E-state index is -3.70. The number of nitrogens with one attached hydrogen (secondary N) is 2. The van der Waals surface area contributed by atoms with Crippen molar-refractivity contribution in [2.75, 3.05) is 11.9 Å². The van der Waals surface area contributed by atoms with Crippen molar-refractivity contribution in [3.05, 3.63) is 58.1 Å². The summed E-state index contributed by atoms with van der Waals surface area (Å²) in [5, 5.41) is 10.9. The molecular weight excluding hydrogens is 373 g/mol. The molecule has 128 valence electrons. The smallest absolute Gasteiger partial charge is 0.319 e. The third-order valence-corrected chi connectivity index (χ3v) is 4.90. The first-order valence-corrected chi connectivity index (χ1v) is 9.18. The van der Waals surface area contributed by atoms with Crippen LogP contribution in [0.3, 0.4) is 0 Å². The van der Waals surface area contributed by atoms with Crippen LogP contribution in [-0.4, -0.2) is 21.0 Å². The lowest BCUT2D eigenvalue weighted by Gasteiger charge is -2.10. The number of anilines is 1. The zero-order valence-electron chi connectivity index (χ0n) is 12.4. The maximum atomic E-state index is 11.8. The van der Waals surface area contributed by atoms with E-state index in [0.29, 0.717) is 23.7 Å². The second kappa shape index (κ2) is 7.85. The number of hydrogen-bond donors (Lipinski definition) is 3. The Morgan fingerprint density at radius 1 is 1.08 bits per heavy atom. The van der Waals surface area contributed by atoms with Gasteiger partial charge in [-0.1, -0.05) is 41.4 Å². The van der Waals surface area contributed by atoms with E-state index in [0.717, 1.165) is 5.56 Å². The molecule has 0 unspecified atom stereocenters. The predicted molar refractivity (Wildman–Crippen MR) is 95.0 cm³/mol. The highest BCUT2D eigenvalue weighted by molar-refractivity contribution is 7.89. The summed E-state index contributed by atoms with van der Waals surface area (Å²) < 4.78 is 22.3. The SMILES string of the molecule is NS(=O)(=O)c1ccc(CCNC(=O)Nc2cccc(Cl)c2Cl)cc1. The molecule has 0 saturated carbocycles. The summed E-state index contributed by atoms with van der Waals surface area (Å²) in [5.41, 5.74) is 1.28. The van der Waals surface area contributed by atoms with E-state index >= 15 is 0 Å². The Bertz CT molecular complexity index is 840. The lowest BCUT2D eigenvalue weighted by Crippen LogP contribution is -2.30. The molecule has 0 aliphatic heterocycles. The lowest BCUT2D eigenvalue weighted by molar-refractivity contribution is 0.252. The summed E-state index contributed by atoms with van der Waals surface area (Å²) in [6.45, 7) is 0.360. The molecule has 0 atom stereocenters. The topological polar surface area (TPSA) is 101 Å².